The molecule has 11 heteroatoms. The van der Waals surface area contributed by atoms with Crippen molar-refractivity contribution in [1.29, 1.82) is 0 Å². The lowest BCUT2D eigenvalue weighted by atomic mass is 9.99. The Kier molecular flexibility index (Phi) is 6.61. The Morgan fingerprint density at radius 3 is 2.53 bits per heavy atom. The lowest BCUT2D eigenvalue weighted by Gasteiger charge is -2.41. The highest BCUT2D eigenvalue weighted by molar-refractivity contribution is 6.74. The highest BCUT2D eigenvalue weighted by Crippen LogP contribution is 2.48. The molecule has 0 saturated carbocycles. The molecule has 192 valence electrons. The molecule has 1 aliphatic heterocycles. The fourth-order valence-electron chi connectivity index (χ4n) is 4.01. The number of aldehydes is 1. The molecule has 1 aliphatic rings. The molecule has 1 aromatic carbocycles. The minimum atomic E-state index is -2.49. The zero-order valence-electron chi connectivity index (χ0n) is 21.1. The molecule has 0 aliphatic carbocycles. The highest BCUT2D eigenvalue weighted by atomic mass is 28.4. The van der Waals surface area contributed by atoms with Crippen molar-refractivity contribution in [1.82, 2.24) is 14.5 Å². The smallest absolute Gasteiger partial charge is 0.256 e. The molecular weight excluding hydrogens is 486 g/mol. The van der Waals surface area contributed by atoms with E-state index in [0.29, 0.717) is 11.8 Å². The molecule has 4 rings (SSSR count). The summed E-state index contributed by atoms with van der Waals surface area (Å²) in [6, 6.07) is 8.39. The summed E-state index contributed by atoms with van der Waals surface area (Å²) in [6.45, 7) is 11.2. The van der Waals surface area contributed by atoms with Crippen molar-refractivity contribution < 1.29 is 27.5 Å². The number of nitrogens with zero attached hydrogens (tertiary/aromatic N) is 3. The second-order valence-electron chi connectivity index (χ2n) is 10.7. The summed E-state index contributed by atoms with van der Waals surface area (Å²) in [5.74, 6) is -1.33. The number of halogens is 2. The molecule has 3 aromatic rings. The molecule has 0 spiro atoms. The molecular formula is C25H30F2N4O4Si. The molecule has 1 saturated heterocycles. The number of aromatic nitrogens is 3. The summed E-state index contributed by atoms with van der Waals surface area (Å²) in [5, 5.41) is 2.25. The standard InChI is InChI=1S/C25H30F2N4O4Si/c1-24(2,3)36(5,6)35-19-17(13-32)34-23(25(19,4)27)31-12-16(26)18-20(28-14-29-21(18)31)30-22(33)15-10-8-7-9-11-15/h7-14,17,19,23H,1-6H3,(H,28,29,30,33)/t17-,19-,23-,25-/m1/s1. The first kappa shape index (κ1) is 26.1. The Hall–Kier alpha value is -3.02. The van der Waals surface area contributed by atoms with E-state index in [0.717, 1.165) is 12.5 Å². The van der Waals surface area contributed by atoms with Crippen molar-refractivity contribution in [3.05, 3.63) is 54.2 Å². The van der Waals surface area contributed by atoms with E-state index in [1.807, 2.05) is 33.9 Å². The molecule has 1 N–H and O–H groups in total. The van der Waals surface area contributed by atoms with Gasteiger partial charge in [-0.2, -0.15) is 0 Å². The molecule has 3 heterocycles. The number of nitrogens with one attached hydrogen (secondary N) is 1. The third-order valence-electron chi connectivity index (χ3n) is 7.07. The van der Waals surface area contributed by atoms with Gasteiger partial charge in [-0.15, -0.1) is 0 Å². The number of benzene rings is 1. The van der Waals surface area contributed by atoms with Gasteiger partial charge in [0, 0.05) is 11.8 Å². The summed E-state index contributed by atoms with van der Waals surface area (Å²) in [4.78, 5) is 32.7. The topological polar surface area (TPSA) is 95.3 Å². The van der Waals surface area contributed by atoms with E-state index >= 15 is 8.78 Å². The number of hydrogen-bond donors (Lipinski definition) is 1. The van der Waals surface area contributed by atoms with Crippen molar-refractivity contribution in [3.8, 4) is 0 Å². The summed E-state index contributed by atoms with van der Waals surface area (Å²) < 4.78 is 44.9. The van der Waals surface area contributed by atoms with E-state index in [4.69, 9.17) is 9.16 Å². The van der Waals surface area contributed by atoms with Crippen LogP contribution in [0.2, 0.25) is 18.1 Å². The second-order valence-corrected chi connectivity index (χ2v) is 15.4. The van der Waals surface area contributed by atoms with Crippen LogP contribution < -0.4 is 5.32 Å². The van der Waals surface area contributed by atoms with Crippen LogP contribution in [0.4, 0.5) is 14.6 Å². The van der Waals surface area contributed by atoms with Crippen LogP contribution in [0.25, 0.3) is 11.0 Å². The van der Waals surface area contributed by atoms with Crippen LogP contribution in [0, 0.1) is 5.82 Å². The zero-order valence-corrected chi connectivity index (χ0v) is 22.1. The number of rotatable bonds is 6. The number of fused-ring (bicyclic) bond motifs is 1. The first-order chi connectivity index (χ1) is 16.8. The molecule has 1 fully saturated rings. The lowest BCUT2D eigenvalue weighted by Crippen LogP contribution is -2.52. The number of carbonyl (C=O) groups excluding carboxylic acids is 2. The normalized spacial score (nSPS) is 24.7. The van der Waals surface area contributed by atoms with Gasteiger partial charge in [0.05, 0.1) is 5.39 Å². The average Bonchev–Trinajstić information content (AvgIpc) is 3.27. The van der Waals surface area contributed by atoms with Gasteiger partial charge in [0.2, 0.25) is 0 Å². The van der Waals surface area contributed by atoms with Gasteiger partial charge in [-0.25, -0.2) is 18.7 Å². The van der Waals surface area contributed by atoms with E-state index in [2.05, 4.69) is 15.3 Å². The van der Waals surface area contributed by atoms with Crippen LogP contribution in [0.1, 0.15) is 44.3 Å². The number of anilines is 1. The zero-order chi connectivity index (χ0) is 26.5. The fourth-order valence-corrected chi connectivity index (χ4v) is 5.37. The van der Waals surface area contributed by atoms with E-state index < -0.39 is 44.1 Å². The van der Waals surface area contributed by atoms with Crippen molar-refractivity contribution in [2.45, 2.75) is 69.9 Å². The Morgan fingerprint density at radius 1 is 1.25 bits per heavy atom. The maximum atomic E-state index is 16.4. The second kappa shape index (κ2) is 9.13. The number of carbonyl (C=O) groups is 2. The third kappa shape index (κ3) is 4.46. The number of amides is 1. The van der Waals surface area contributed by atoms with Crippen LogP contribution in [-0.4, -0.2) is 52.9 Å². The van der Waals surface area contributed by atoms with E-state index in [-0.39, 0.29) is 21.9 Å². The van der Waals surface area contributed by atoms with Gasteiger partial charge >= 0.3 is 0 Å². The number of alkyl halides is 1. The first-order valence-electron chi connectivity index (χ1n) is 11.6. The average molecular weight is 517 g/mol. The minimum absolute atomic E-state index is 0.0114. The molecule has 0 bridgehead atoms. The highest BCUT2D eigenvalue weighted by Gasteiger charge is 2.59. The van der Waals surface area contributed by atoms with Crippen molar-refractivity contribution in [2.24, 2.45) is 0 Å². The maximum Gasteiger partial charge on any atom is 0.256 e. The van der Waals surface area contributed by atoms with E-state index in [9.17, 15) is 9.59 Å². The molecule has 8 nitrogen and oxygen atoms in total. The summed E-state index contributed by atoms with van der Waals surface area (Å²) in [6.07, 6.45) is -1.10. The Labute approximate surface area is 209 Å². The summed E-state index contributed by atoms with van der Waals surface area (Å²) in [5.41, 5.74) is -1.82. The minimum Gasteiger partial charge on any atom is -0.407 e. The predicted molar refractivity (Wildman–Crippen MR) is 133 cm³/mol. The van der Waals surface area contributed by atoms with Crippen LogP contribution in [0.3, 0.4) is 0 Å². The molecule has 0 unspecified atom stereocenters. The first-order valence-corrected chi connectivity index (χ1v) is 14.5. The molecule has 36 heavy (non-hydrogen) atoms. The van der Waals surface area contributed by atoms with Crippen LogP contribution >= 0.6 is 0 Å². The molecule has 2 aromatic heterocycles. The van der Waals surface area contributed by atoms with E-state index in [1.54, 1.807) is 30.3 Å². The van der Waals surface area contributed by atoms with Gasteiger partial charge in [-0.3, -0.25) is 9.36 Å². The molecule has 0 radical (unpaired) electrons. The number of hydrogen-bond acceptors (Lipinski definition) is 6. The lowest BCUT2D eigenvalue weighted by molar-refractivity contribution is -0.122. The van der Waals surface area contributed by atoms with Crippen LogP contribution in [0.15, 0.2) is 42.9 Å². The van der Waals surface area contributed by atoms with E-state index in [1.165, 1.54) is 11.5 Å². The Bertz CT molecular complexity index is 1290. The van der Waals surface area contributed by atoms with Crippen LogP contribution in [0.5, 0.6) is 0 Å². The van der Waals surface area contributed by atoms with Gasteiger partial charge in [-0.1, -0.05) is 39.0 Å². The van der Waals surface area contributed by atoms with Gasteiger partial charge in [0.15, 0.2) is 38.0 Å². The van der Waals surface area contributed by atoms with Crippen molar-refractivity contribution in [3.63, 3.8) is 0 Å². The quantitative estimate of drug-likeness (QED) is 0.364. The molecule has 1 amide bonds. The van der Waals surface area contributed by atoms with Gasteiger partial charge < -0.3 is 19.3 Å². The van der Waals surface area contributed by atoms with Gasteiger partial charge in [-0.05, 0) is 37.2 Å². The Balaban J connectivity index is 1.72. The third-order valence-corrected chi connectivity index (χ3v) is 11.5. The monoisotopic (exact) mass is 516 g/mol. The van der Waals surface area contributed by atoms with Crippen LogP contribution in [-0.2, 0) is 14.0 Å². The number of ether oxygens (including phenoxy) is 1. The fraction of sp³-hybridized carbons (Fsp3) is 0.440. The van der Waals surface area contributed by atoms with Crippen molar-refractivity contribution in [2.75, 3.05) is 5.32 Å². The van der Waals surface area contributed by atoms with Gasteiger partial charge in [0.1, 0.15) is 24.4 Å². The summed E-state index contributed by atoms with van der Waals surface area (Å²) in [7, 11) is -2.49. The SMILES string of the molecule is CC(C)(C)[Si](C)(C)O[C@@H]1[C@@H](C=O)O[C@@H](n2cc(F)c3c(NC(=O)c4ccccc4)ncnc32)[C@]1(C)F. The molecule has 4 atom stereocenters. The Morgan fingerprint density at radius 2 is 1.92 bits per heavy atom. The largest absolute Gasteiger partial charge is 0.407 e. The van der Waals surface area contributed by atoms with Gasteiger partial charge in [0.25, 0.3) is 5.91 Å². The summed E-state index contributed by atoms with van der Waals surface area (Å²) >= 11 is 0. The maximum absolute atomic E-state index is 16.4. The van der Waals surface area contributed by atoms with Crippen molar-refractivity contribution >= 4 is 37.4 Å². The predicted octanol–water partition coefficient (Wildman–Crippen LogP) is 5.04.